The third-order valence-electron chi connectivity index (χ3n) is 6.44. The number of rotatable bonds is 8. The van der Waals surface area contributed by atoms with E-state index in [0.717, 1.165) is 24.1 Å². The number of amides is 2. The molecule has 1 N–H and O–H groups in total. The number of hydrogen-bond acceptors (Lipinski definition) is 3. The van der Waals surface area contributed by atoms with Gasteiger partial charge in [-0.2, -0.15) is 0 Å². The summed E-state index contributed by atoms with van der Waals surface area (Å²) in [5.41, 5.74) is 3.40. The van der Waals surface area contributed by atoms with Crippen LogP contribution in [-0.4, -0.2) is 35.9 Å². The van der Waals surface area contributed by atoms with Gasteiger partial charge in [0.1, 0.15) is 5.75 Å². The first-order valence-electron chi connectivity index (χ1n) is 11.9. The second-order valence-electron chi connectivity index (χ2n) is 9.31. The molecule has 1 aliphatic heterocycles. The zero-order valence-corrected chi connectivity index (χ0v) is 19.3. The lowest BCUT2D eigenvalue weighted by atomic mass is 9.87. The molecule has 1 aliphatic carbocycles. The van der Waals surface area contributed by atoms with Gasteiger partial charge in [0, 0.05) is 19.0 Å². The van der Waals surface area contributed by atoms with Crippen molar-refractivity contribution in [2.24, 2.45) is 11.8 Å². The molecule has 2 atom stereocenters. The van der Waals surface area contributed by atoms with E-state index < -0.39 is 6.10 Å². The van der Waals surface area contributed by atoms with Crippen molar-refractivity contribution in [3.63, 3.8) is 0 Å². The number of benzene rings is 2. The van der Waals surface area contributed by atoms with Gasteiger partial charge >= 0.3 is 0 Å². The summed E-state index contributed by atoms with van der Waals surface area (Å²) in [5, 5.41) is 3.03. The molecule has 0 bridgehead atoms. The van der Waals surface area contributed by atoms with Crippen LogP contribution >= 0.6 is 0 Å². The molecule has 2 aliphatic rings. The van der Waals surface area contributed by atoms with E-state index in [1.54, 1.807) is 0 Å². The predicted octanol–water partition coefficient (Wildman–Crippen LogP) is 4.50. The van der Waals surface area contributed by atoms with E-state index in [-0.39, 0.29) is 23.8 Å². The molecule has 5 heteroatoms. The zero-order chi connectivity index (χ0) is 22.7. The molecule has 2 amide bonds. The number of fused-ring (bicyclic) bond motifs is 1. The van der Waals surface area contributed by atoms with Crippen molar-refractivity contribution < 1.29 is 14.3 Å². The molecule has 170 valence electrons. The molecule has 0 unspecified atom stereocenters. The molecular weight excluding hydrogens is 400 g/mol. The number of nitrogens with zero attached hydrogens (tertiary/aromatic N) is 1. The molecule has 2 aromatic carbocycles. The number of nitrogens with one attached hydrogen (secondary N) is 1. The number of hydrogen-bond donors (Lipinski definition) is 1. The van der Waals surface area contributed by atoms with Crippen molar-refractivity contribution >= 4 is 11.8 Å². The highest BCUT2D eigenvalue weighted by Gasteiger charge is 2.33. The first-order chi connectivity index (χ1) is 15.5. The van der Waals surface area contributed by atoms with Crippen LogP contribution in [0.2, 0.25) is 0 Å². The van der Waals surface area contributed by atoms with E-state index in [4.69, 9.17) is 4.74 Å². The zero-order valence-electron chi connectivity index (χ0n) is 19.3. The Bertz CT molecular complexity index is 953. The van der Waals surface area contributed by atoms with Crippen LogP contribution in [0.4, 0.5) is 0 Å². The van der Waals surface area contributed by atoms with Gasteiger partial charge in [0.25, 0.3) is 5.91 Å². The Hall–Kier alpha value is -2.82. The lowest BCUT2D eigenvalue weighted by Gasteiger charge is -2.39. The minimum atomic E-state index is -0.515. The molecule has 0 aromatic heterocycles. The van der Waals surface area contributed by atoms with E-state index >= 15 is 0 Å². The SMILES string of the molecule is CC[C@H](Oc1ccc2c(c1)[C@@H](c1ccccc1)N(C(=O)C(C)C)CC2)C(=O)NCC1CC1. The molecule has 2 aromatic rings. The summed E-state index contributed by atoms with van der Waals surface area (Å²) in [6, 6.07) is 16.1. The molecule has 1 saturated carbocycles. The summed E-state index contributed by atoms with van der Waals surface area (Å²) in [4.78, 5) is 27.7. The van der Waals surface area contributed by atoms with Crippen LogP contribution < -0.4 is 10.1 Å². The van der Waals surface area contributed by atoms with Gasteiger partial charge in [0.05, 0.1) is 6.04 Å². The van der Waals surface area contributed by atoms with E-state index in [1.165, 1.54) is 18.4 Å². The van der Waals surface area contributed by atoms with Crippen molar-refractivity contribution in [3.8, 4) is 5.75 Å². The molecule has 5 nitrogen and oxygen atoms in total. The number of ether oxygens (including phenoxy) is 1. The predicted molar refractivity (Wildman–Crippen MR) is 125 cm³/mol. The van der Waals surface area contributed by atoms with Crippen LogP contribution in [0, 0.1) is 11.8 Å². The average molecular weight is 435 g/mol. The Morgan fingerprint density at radius 3 is 2.53 bits per heavy atom. The van der Waals surface area contributed by atoms with Gasteiger partial charge in [-0.1, -0.05) is 57.2 Å². The van der Waals surface area contributed by atoms with Crippen molar-refractivity contribution in [2.75, 3.05) is 13.1 Å². The molecular formula is C27H34N2O3. The van der Waals surface area contributed by atoms with Gasteiger partial charge in [-0.3, -0.25) is 9.59 Å². The maximum absolute atomic E-state index is 13.1. The standard InChI is InChI=1S/C27H34N2O3/c1-4-24(26(30)28-17-19-10-11-19)32-22-13-12-20-14-15-29(27(31)18(2)3)25(23(20)16-22)21-8-6-5-7-9-21/h5-9,12-13,16,18-19,24-25H,4,10-11,14-15,17H2,1-3H3,(H,28,30)/t24-,25+/m0/s1. The highest BCUT2D eigenvalue weighted by molar-refractivity contribution is 5.81. The second kappa shape index (κ2) is 9.76. The van der Waals surface area contributed by atoms with Crippen LogP contribution in [0.15, 0.2) is 48.5 Å². The van der Waals surface area contributed by atoms with Gasteiger partial charge in [-0.25, -0.2) is 0 Å². The van der Waals surface area contributed by atoms with E-state index in [1.807, 2.05) is 56.0 Å². The molecule has 0 spiro atoms. The Kier molecular flexibility index (Phi) is 6.83. The van der Waals surface area contributed by atoms with Crippen LogP contribution in [0.3, 0.4) is 0 Å². The summed E-state index contributed by atoms with van der Waals surface area (Å²) >= 11 is 0. The Balaban J connectivity index is 1.61. The van der Waals surface area contributed by atoms with Crippen LogP contribution in [0.5, 0.6) is 5.75 Å². The largest absolute Gasteiger partial charge is 0.481 e. The summed E-state index contributed by atoms with van der Waals surface area (Å²) < 4.78 is 6.16. The minimum absolute atomic E-state index is 0.0478. The Labute approximate surface area is 191 Å². The monoisotopic (exact) mass is 434 g/mol. The normalized spacial score (nSPS) is 18.8. The highest BCUT2D eigenvalue weighted by atomic mass is 16.5. The van der Waals surface area contributed by atoms with Crippen LogP contribution in [0.1, 0.15) is 62.8 Å². The highest BCUT2D eigenvalue weighted by Crippen LogP contribution is 2.38. The van der Waals surface area contributed by atoms with Gasteiger partial charge in [0.15, 0.2) is 6.10 Å². The molecule has 4 rings (SSSR count). The molecule has 1 fully saturated rings. The summed E-state index contributed by atoms with van der Waals surface area (Å²) in [6.45, 7) is 7.31. The Morgan fingerprint density at radius 1 is 1.12 bits per heavy atom. The van der Waals surface area contributed by atoms with Gasteiger partial charge in [-0.15, -0.1) is 0 Å². The maximum atomic E-state index is 13.1. The number of carbonyl (C=O) groups excluding carboxylic acids is 2. The topological polar surface area (TPSA) is 58.6 Å². The van der Waals surface area contributed by atoms with Gasteiger partial charge in [0.2, 0.25) is 5.91 Å². The molecule has 0 radical (unpaired) electrons. The van der Waals surface area contributed by atoms with Crippen LogP contribution in [0.25, 0.3) is 0 Å². The third-order valence-corrected chi connectivity index (χ3v) is 6.44. The smallest absolute Gasteiger partial charge is 0.261 e. The lowest BCUT2D eigenvalue weighted by Crippen LogP contribution is -2.42. The van der Waals surface area contributed by atoms with E-state index in [9.17, 15) is 9.59 Å². The van der Waals surface area contributed by atoms with Crippen LogP contribution in [-0.2, 0) is 16.0 Å². The first kappa shape index (κ1) is 22.4. The minimum Gasteiger partial charge on any atom is -0.481 e. The van der Waals surface area contributed by atoms with Gasteiger partial charge < -0.3 is 15.0 Å². The second-order valence-corrected chi connectivity index (χ2v) is 9.31. The van der Waals surface area contributed by atoms with Crippen molar-refractivity contribution in [3.05, 3.63) is 65.2 Å². The Morgan fingerprint density at radius 2 is 1.88 bits per heavy atom. The van der Waals surface area contributed by atoms with Crippen molar-refractivity contribution in [2.45, 2.75) is 58.6 Å². The molecule has 0 saturated heterocycles. The van der Waals surface area contributed by atoms with Crippen molar-refractivity contribution in [1.29, 1.82) is 0 Å². The quantitative estimate of drug-likeness (QED) is 0.666. The molecule has 1 heterocycles. The fourth-order valence-electron chi connectivity index (χ4n) is 4.40. The first-order valence-corrected chi connectivity index (χ1v) is 11.9. The van der Waals surface area contributed by atoms with E-state index in [0.29, 0.717) is 24.6 Å². The summed E-state index contributed by atoms with van der Waals surface area (Å²) in [6.07, 6.45) is 3.31. The van der Waals surface area contributed by atoms with Crippen molar-refractivity contribution in [1.82, 2.24) is 10.2 Å². The van der Waals surface area contributed by atoms with E-state index in [2.05, 4.69) is 23.5 Å². The molecule has 32 heavy (non-hydrogen) atoms. The maximum Gasteiger partial charge on any atom is 0.261 e. The fraction of sp³-hybridized carbons (Fsp3) is 0.481. The third kappa shape index (κ3) is 4.98. The number of carbonyl (C=O) groups is 2. The summed E-state index contributed by atoms with van der Waals surface area (Å²) in [7, 11) is 0. The lowest BCUT2D eigenvalue weighted by molar-refractivity contribution is -0.136. The average Bonchev–Trinajstić information content (AvgIpc) is 3.64. The summed E-state index contributed by atoms with van der Waals surface area (Å²) in [5.74, 6) is 1.35. The fourth-order valence-corrected chi connectivity index (χ4v) is 4.40. The van der Waals surface area contributed by atoms with Gasteiger partial charge in [-0.05, 0) is 60.4 Å².